The zero-order chi connectivity index (χ0) is 36.3. The van der Waals surface area contributed by atoms with E-state index in [4.69, 9.17) is 8.83 Å². The fourth-order valence-corrected chi connectivity index (χ4v) is 8.20. The van der Waals surface area contributed by atoms with Gasteiger partial charge in [0.05, 0.1) is 5.69 Å². The summed E-state index contributed by atoms with van der Waals surface area (Å²) in [5, 5.41) is 6.78. The SMILES string of the molecule is c1ccc(-c2ccc(N(c3ccc(-c4ccc5oc6ccccc6c5c4)cc3)c3ccccc3-c3cccc4c3oc3c5ccccc5ccc43)cc2)cc1. The van der Waals surface area contributed by atoms with Crippen LogP contribution < -0.4 is 4.90 Å². The first-order valence-electron chi connectivity index (χ1n) is 18.7. The van der Waals surface area contributed by atoms with Crippen molar-refractivity contribution in [3.8, 4) is 33.4 Å². The monoisotopic (exact) mass is 703 g/mol. The maximum Gasteiger partial charge on any atom is 0.143 e. The predicted molar refractivity (Wildman–Crippen MR) is 229 cm³/mol. The van der Waals surface area contributed by atoms with Crippen molar-refractivity contribution in [2.24, 2.45) is 0 Å². The van der Waals surface area contributed by atoms with Crippen LogP contribution in [0.4, 0.5) is 17.1 Å². The van der Waals surface area contributed by atoms with E-state index < -0.39 is 0 Å². The highest BCUT2D eigenvalue weighted by Crippen LogP contribution is 2.45. The number of furan rings is 2. The van der Waals surface area contributed by atoms with Crippen LogP contribution in [0.1, 0.15) is 0 Å². The van der Waals surface area contributed by atoms with Crippen molar-refractivity contribution in [2.75, 3.05) is 4.90 Å². The highest BCUT2D eigenvalue weighted by molar-refractivity contribution is 6.17. The van der Waals surface area contributed by atoms with Crippen LogP contribution in [0.15, 0.2) is 209 Å². The second-order valence-electron chi connectivity index (χ2n) is 14.1. The Morgan fingerprint density at radius 2 is 0.891 bits per heavy atom. The Hall–Kier alpha value is -7.36. The first-order chi connectivity index (χ1) is 27.3. The quantitative estimate of drug-likeness (QED) is 0.173. The van der Waals surface area contributed by atoms with Crippen LogP contribution in [0, 0.1) is 0 Å². The van der Waals surface area contributed by atoms with Gasteiger partial charge in [-0.15, -0.1) is 0 Å². The number of nitrogens with zero attached hydrogens (tertiary/aromatic N) is 1. The lowest BCUT2D eigenvalue weighted by molar-refractivity contribution is 0.669. The number of benzene rings is 9. The van der Waals surface area contributed by atoms with E-state index in [-0.39, 0.29) is 0 Å². The Balaban J connectivity index is 1.07. The second kappa shape index (κ2) is 12.6. The van der Waals surface area contributed by atoms with Crippen LogP contribution in [-0.4, -0.2) is 0 Å². The molecule has 11 rings (SSSR count). The molecule has 3 heteroatoms. The zero-order valence-corrected chi connectivity index (χ0v) is 29.8. The lowest BCUT2D eigenvalue weighted by Gasteiger charge is -2.28. The molecule has 0 aliphatic carbocycles. The Morgan fingerprint density at radius 3 is 1.71 bits per heavy atom. The van der Waals surface area contributed by atoms with Crippen molar-refractivity contribution in [3.63, 3.8) is 0 Å². The molecule has 0 radical (unpaired) electrons. The van der Waals surface area contributed by atoms with Crippen molar-refractivity contribution < 1.29 is 8.83 Å². The first kappa shape index (κ1) is 31.2. The minimum absolute atomic E-state index is 0.887. The molecule has 3 nitrogen and oxygen atoms in total. The summed E-state index contributed by atoms with van der Waals surface area (Å²) in [6.45, 7) is 0. The number of hydrogen-bond acceptors (Lipinski definition) is 3. The lowest BCUT2D eigenvalue weighted by atomic mass is 9.98. The molecule has 258 valence electrons. The second-order valence-corrected chi connectivity index (χ2v) is 14.1. The Labute approximate surface area is 317 Å². The molecular weight excluding hydrogens is 671 g/mol. The van der Waals surface area contributed by atoms with Crippen molar-refractivity contribution in [1.82, 2.24) is 0 Å². The van der Waals surface area contributed by atoms with E-state index in [9.17, 15) is 0 Å². The Kier molecular flexibility index (Phi) is 7.17. The van der Waals surface area contributed by atoms with Gasteiger partial charge < -0.3 is 13.7 Å². The van der Waals surface area contributed by atoms with Gasteiger partial charge in [0.1, 0.15) is 22.3 Å². The van der Waals surface area contributed by atoms with Gasteiger partial charge in [-0.2, -0.15) is 0 Å². The molecule has 0 aliphatic heterocycles. The number of para-hydroxylation sites is 3. The molecular formula is C52H33NO2. The summed E-state index contributed by atoms with van der Waals surface area (Å²) >= 11 is 0. The van der Waals surface area contributed by atoms with Crippen LogP contribution in [0.2, 0.25) is 0 Å². The number of anilines is 3. The van der Waals surface area contributed by atoms with E-state index in [1.807, 2.05) is 12.1 Å². The molecule has 11 aromatic rings. The lowest BCUT2D eigenvalue weighted by Crippen LogP contribution is -2.11. The molecule has 0 spiro atoms. The summed E-state index contributed by atoms with van der Waals surface area (Å²) in [5.41, 5.74) is 13.6. The van der Waals surface area contributed by atoms with Gasteiger partial charge in [-0.1, -0.05) is 146 Å². The summed E-state index contributed by atoms with van der Waals surface area (Å²) in [5.74, 6) is 0. The summed E-state index contributed by atoms with van der Waals surface area (Å²) in [4.78, 5) is 2.36. The van der Waals surface area contributed by atoms with Crippen LogP contribution >= 0.6 is 0 Å². The highest BCUT2D eigenvalue weighted by atomic mass is 16.3. The van der Waals surface area contributed by atoms with Crippen LogP contribution in [0.5, 0.6) is 0 Å². The van der Waals surface area contributed by atoms with E-state index in [0.29, 0.717) is 0 Å². The third kappa shape index (κ3) is 5.20. The van der Waals surface area contributed by atoms with E-state index in [2.05, 4.69) is 193 Å². The smallest absolute Gasteiger partial charge is 0.143 e. The van der Waals surface area contributed by atoms with Gasteiger partial charge in [-0.3, -0.25) is 0 Å². The summed E-state index contributed by atoms with van der Waals surface area (Å²) in [7, 11) is 0. The van der Waals surface area contributed by atoms with E-state index in [1.165, 1.54) is 16.5 Å². The molecule has 0 fully saturated rings. The molecule has 0 N–H and O–H groups in total. The van der Waals surface area contributed by atoms with Gasteiger partial charge in [-0.25, -0.2) is 0 Å². The topological polar surface area (TPSA) is 29.5 Å². The average molecular weight is 704 g/mol. The fraction of sp³-hybridized carbons (Fsp3) is 0. The van der Waals surface area contributed by atoms with Crippen LogP contribution in [-0.2, 0) is 0 Å². The number of rotatable bonds is 6. The predicted octanol–water partition coefficient (Wildman–Crippen LogP) is 15.1. The van der Waals surface area contributed by atoms with E-state index in [0.717, 1.165) is 88.6 Å². The maximum absolute atomic E-state index is 6.85. The van der Waals surface area contributed by atoms with E-state index in [1.54, 1.807) is 0 Å². The minimum atomic E-state index is 0.887. The van der Waals surface area contributed by atoms with Gasteiger partial charge in [-0.05, 0) is 82.2 Å². The molecule has 0 unspecified atom stereocenters. The van der Waals surface area contributed by atoms with Gasteiger partial charge in [0.15, 0.2) is 0 Å². The molecule has 9 aromatic carbocycles. The maximum atomic E-state index is 6.85. The molecule has 0 saturated carbocycles. The van der Waals surface area contributed by atoms with Crippen molar-refractivity contribution >= 4 is 71.7 Å². The Morgan fingerprint density at radius 1 is 0.309 bits per heavy atom. The first-order valence-corrected chi connectivity index (χ1v) is 18.7. The van der Waals surface area contributed by atoms with E-state index >= 15 is 0 Å². The van der Waals surface area contributed by atoms with Crippen molar-refractivity contribution in [2.45, 2.75) is 0 Å². The molecule has 0 bridgehead atoms. The largest absolute Gasteiger partial charge is 0.456 e. The summed E-state index contributed by atoms with van der Waals surface area (Å²) < 4.78 is 13.0. The van der Waals surface area contributed by atoms with Crippen LogP contribution in [0.25, 0.3) is 88.0 Å². The van der Waals surface area contributed by atoms with Crippen LogP contribution in [0.3, 0.4) is 0 Å². The number of fused-ring (bicyclic) bond motifs is 8. The molecule has 55 heavy (non-hydrogen) atoms. The van der Waals surface area contributed by atoms with Gasteiger partial charge in [0, 0.05) is 49.4 Å². The zero-order valence-electron chi connectivity index (χ0n) is 29.8. The molecule has 2 heterocycles. The Bertz CT molecular complexity index is 3190. The normalized spacial score (nSPS) is 11.6. The third-order valence-corrected chi connectivity index (χ3v) is 10.9. The standard InChI is InChI=1S/C52H33NO2/c1-2-11-34(12-3-1)35-21-27-39(28-22-35)53(40-29-23-36(24-30-40)38-26-32-50-47(33-38)43-16-7-9-20-49(43)54-50)48-19-8-6-15-42(48)44-17-10-18-45-46-31-25-37-13-4-5-14-41(37)51(46)55-52(44)45/h1-33H. The molecule has 0 amide bonds. The van der Waals surface area contributed by atoms with Gasteiger partial charge >= 0.3 is 0 Å². The third-order valence-electron chi connectivity index (χ3n) is 10.9. The van der Waals surface area contributed by atoms with Crippen molar-refractivity contribution in [1.29, 1.82) is 0 Å². The fourth-order valence-electron chi connectivity index (χ4n) is 8.20. The van der Waals surface area contributed by atoms with Crippen molar-refractivity contribution in [3.05, 3.63) is 200 Å². The molecule has 2 aromatic heterocycles. The average Bonchev–Trinajstić information content (AvgIpc) is 3.83. The minimum Gasteiger partial charge on any atom is -0.456 e. The highest BCUT2D eigenvalue weighted by Gasteiger charge is 2.21. The molecule has 0 aliphatic rings. The van der Waals surface area contributed by atoms with Gasteiger partial charge in [0.2, 0.25) is 0 Å². The molecule has 0 saturated heterocycles. The summed E-state index contributed by atoms with van der Waals surface area (Å²) in [6, 6.07) is 71.0. The number of hydrogen-bond donors (Lipinski definition) is 0. The van der Waals surface area contributed by atoms with Gasteiger partial charge in [0.25, 0.3) is 0 Å². The summed E-state index contributed by atoms with van der Waals surface area (Å²) in [6.07, 6.45) is 0. The molecule has 0 atom stereocenters.